The van der Waals surface area contributed by atoms with Gasteiger partial charge in [0.15, 0.2) is 11.6 Å². The molecule has 0 aliphatic rings. The highest BCUT2D eigenvalue weighted by Gasteiger charge is 2.16. The number of carbonyl (C=O) groups excluding carboxylic acids is 2. The number of nitro groups is 2. The van der Waals surface area contributed by atoms with Crippen LogP contribution in [-0.2, 0) is 0 Å². The van der Waals surface area contributed by atoms with Crippen molar-refractivity contribution in [1.82, 2.24) is 0 Å². The number of hydrogen-bond donors (Lipinski definition) is 0. The van der Waals surface area contributed by atoms with E-state index in [0.29, 0.717) is 47.9 Å². The monoisotopic (exact) mass is 440 g/mol. The fraction of sp³-hybridized carbons (Fsp3) is 0.417. The second kappa shape index (κ2) is 11.8. The fourth-order valence-corrected chi connectivity index (χ4v) is 3.53. The number of ketones is 2. The first-order valence-electron chi connectivity index (χ1n) is 10.8. The van der Waals surface area contributed by atoms with Crippen molar-refractivity contribution in [1.29, 1.82) is 0 Å². The minimum Gasteiger partial charge on any atom is -0.294 e. The van der Waals surface area contributed by atoms with Gasteiger partial charge in [-0.3, -0.25) is 29.8 Å². The van der Waals surface area contributed by atoms with Gasteiger partial charge in [0.25, 0.3) is 11.4 Å². The molecule has 0 aromatic heterocycles. The first-order chi connectivity index (χ1) is 15.2. The van der Waals surface area contributed by atoms with Crippen molar-refractivity contribution in [2.24, 2.45) is 0 Å². The molecule has 0 saturated carbocycles. The number of unbranched alkanes of at least 4 members (excludes halogenated alkanes) is 5. The Bertz CT molecular complexity index is 934. The van der Waals surface area contributed by atoms with Gasteiger partial charge in [0.1, 0.15) is 0 Å². The van der Waals surface area contributed by atoms with Gasteiger partial charge in [0.2, 0.25) is 0 Å². The van der Waals surface area contributed by atoms with Crippen molar-refractivity contribution >= 4 is 22.9 Å². The number of nitro benzene ring substituents is 2. The molecule has 2 aromatic rings. The molecule has 0 saturated heterocycles. The van der Waals surface area contributed by atoms with E-state index < -0.39 is 9.85 Å². The zero-order valence-electron chi connectivity index (χ0n) is 18.5. The molecular weight excluding hydrogens is 412 g/mol. The highest BCUT2D eigenvalue weighted by atomic mass is 16.6. The molecule has 0 unspecified atom stereocenters. The molecule has 0 spiro atoms. The Morgan fingerprint density at radius 2 is 1.00 bits per heavy atom. The van der Waals surface area contributed by atoms with Gasteiger partial charge in [0, 0.05) is 47.2 Å². The Kier molecular flexibility index (Phi) is 9.19. The van der Waals surface area contributed by atoms with E-state index in [4.69, 9.17) is 0 Å². The molecule has 0 amide bonds. The number of hydrogen-bond acceptors (Lipinski definition) is 6. The summed E-state index contributed by atoms with van der Waals surface area (Å²) >= 11 is 0. The van der Waals surface area contributed by atoms with Crippen LogP contribution in [0, 0.1) is 34.1 Å². The molecule has 0 heterocycles. The van der Waals surface area contributed by atoms with Gasteiger partial charge in [0.05, 0.1) is 9.85 Å². The zero-order chi connectivity index (χ0) is 23.7. The van der Waals surface area contributed by atoms with Crippen LogP contribution in [0.3, 0.4) is 0 Å². The number of nitrogens with zero attached hydrogens (tertiary/aromatic N) is 2. The maximum Gasteiger partial charge on any atom is 0.273 e. The summed E-state index contributed by atoms with van der Waals surface area (Å²) in [6.45, 7) is 3.29. The van der Waals surface area contributed by atoms with E-state index in [1.165, 1.54) is 12.1 Å². The molecular formula is C24H28N2O6. The molecule has 8 nitrogen and oxygen atoms in total. The predicted molar refractivity (Wildman–Crippen MR) is 121 cm³/mol. The van der Waals surface area contributed by atoms with Crippen LogP contribution in [0.15, 0.2) is 36.4 Å². The third-order valence-corrected chi connectivity index (χ3v) is 5.51. The van der Waals surface area contributed by atoms with Gasteiger partial charge in [-0.15, -0.1) is 0 Å². The highest BCUT2D eigenvalue weighted by Crippen LogP contribution is 2.22. The first-order valence-corrected chi connectivity index (χ1v) is 10.8. The van der Waals surface area contributed by atoms with E-state index in [-0.39, 0.29) is 22.9 Å². The lowest BCUT2D eigenvalue weighted by Crippen LogP contribution is -2.02. The zero-order valence-corrected chi connectivity index (χ0v) is 18.5. The summed E-state index contributed by atoms with van der Waals surface area (Å²) in [5, 5.41) is 22.0. The third-order valence-electron chi connectivity index (χ3n) is 5.51. The summed E-state index contributed by atoms with van der Waals surface area (Å²) in [5.74, 6) is -0.184. The van der Waals surface area contributed by atoms with Gasteiger partial charge >= 0.3 is 0 Å². The lowest BCUT2D eigenvalue weighted by atomic mass is 10.00. The summed E-state index contributed by atoms with van der Waals surface area (Å²) in [6.07, 6.45) is 5.75. The Labute approximate surface area is 186 Å². The van der Waals surface area contributed by atoms with Crippen molar-refractivity contribution in [2.75, 3.05) is 0 Å². The molecule has 2 rings (SSSR count). The molecule has 32 heavy (non-hydrogen) atoms. The standard InChI is InChI=1S/C24H28N2O6/c1-17-11-13-19(15-21(17)25(29)30)23(27)9-7-5-3-4-6-8-10-24(28)20-14-12-18(2)22(16-20)26(31)32/h11-16H,3-10H2,1-2H3. The van der Waals surface area contributed by atoms with Crippen molar-refractivity contribution < 1.29 is 19.4 Å². The van der Waals surface area contributed by atoms with E-state index in [1.807, 2.05) is 0 Å². The largest absolute Gasteiger partial charge is 0.294 e. The van der Waals surface area contributed by atoms with E-state index in [1.54, 1.807) is 38.1 Å². The number of aryl methyl sites for hydroxylation is 2. The molecule has 0 N–H and O–H groups in total. The number of carbonyl (C=O) groups is 2. The van der Waals surface area contributed by atoms with Crippen molar-refractivity contribution in [2.45, 2.75) is 65.2 Å². The van der Waals surface area contributed by atoms with E-state index in [2.05, 4.69) is 0 Å². The van der Waals surface area contributed by atoms with Gasteiger partial charge in [-0.05, 0) is 26.7 Å². The van der Waals surface area contributed by atoms with Crippen LogP contribution < -0.4 is 0 Å². The Balaban J connectivity index is 1.65. The number of Topliss-reactive ketones (excluding diaryl/α,β-unsaturated/α-hetero) is 2. The molecule has 8 heteroatoms. The molecule has 0 fully saturated rings. The Hall–Kier alpha value is -3.42. The first kappa shape index (κ1) is 24.8. The van der Waals surface area contributed by atoms with E-state index in [0.717, 1.165) is 25.7 Å². The minimum atomic E-state index is -0.475. The van der Waals surface area contributed by atoms with Crippen LogP contribution >= 0.6 is 0 Å². The molecule has 0 aliphatic carbocycles. The summed E-state index contributed by atoms with van der Waals surface area (Å²) in [5.41, 5.74) is 1.74. The number of rotatable bonds is 13. The second-order valence-corrected chi connectivity index (χ2v) is 7.98. The van der Waals surface area contributed by atoms with Crippen LogP contribution in [0.5, 0.6) is 0 Å². The maximum atomic E-state index is 12.3. The third kappa shape index (κ3) is 7.08. The normalized spacial score (nSPS) is 10.7. The summed E-state index contributed by atoms with van der Waals surface area (Å²) in [6, 6.07) is 9.15. The van der Waals surface area contributed by atoms with Crippen LogP contribution in [-0.4, -0.2) is 21.4 Å². The Morgan fingerprint density at radius 1 is 0.656 bits per heavy atom. The van der Waals surface area contributed by atoms with Crippen molar-refractivity contribution in [3.63, 3.8) is 0 Å². The van der Waals surface area contributed by atoms with Crippen LogP contribution in [0.4, 0.5) is 11.4 Å². The van der Waals surface area contributed by atoms with E-state index in [9.17, 15) is 29.8 Å². The smallest absolute Gasteiger partial charge is 0.273 e. The maximum absolute atomic E-state index is 12.3. The highest BCUT2D eigenvalue weighted by molar-refractivity contribution is 5.97. The predicted octanol–water partition coefficient (Wildman–Crippen LogP) is 6.31. The average molecular weight is 440 g/mol. The minimum absolute atomic E-state index is 0.0364. The van der Waals surface area contributed by atoms with E-state index >= 15 is 0 Å². The topological polar surface area (TPSA) is 120 Å². The van der Waals surface area contributed by atoms with Gasteiger partial charge in [-0.1, -0.05) is 49.9 Å². The van der Waals surface area contributed by atoms with Gasteiger partial charge in [-0.2, -0.15) is 0 Å². The SMILES string of the molecule is Cc1ccc(C(=O)CCCCCCCCC(=O)c2ccc(C)c([N+](=O)[O-])c2)cc1[N+](=O)[O-]. The van der Waals surface area contributed by atoms with Gasteiger partial charge in [-0.25, -0.2) is 0 Å². The second-order valence-electron chi connectivity index (χ2n) is 7.98. The summed E-state index contributed by atoms with van der Waals surface area (Å²) < 4.78 is 0. The van der Waals surface area contributed by atoms with Crippen molar-refractivity contribution in [3.8, 4) is 0 Å². The molecule has 0 aliphatic heterocycles. The summed E-state index contributed by atoms with van der Waals surface area (Å²) in [7, 11) is 0. The van der Waals surface area contributed by atoms with Crippen LogP contribution in [0.25, 0.3) is 0 Å². The van der Waals surface area contributed by atoms with Crippen LogP contribution in [0.1, 0.15) is 83.2 Å². The lowest BCUT2D eigenvalue weighted by Gasteiger charge is -2.05. The molecule has 0 atom stereocenters. The molecule has 0 radical (unpaired) electrons. The molecule has 170 valence electrons. The average Bonchev–Trinajstić information content (AvgIpc) is 2.75. The number of benzene rings is 2. The molecule has 0 bridgehead atoms. The van der Waals surface area contributed by atoms with Crippen LogP contribution in [0.2, 0.25) is 0 Å². The van der Waals surface area contributed by atoms with Gasteiger partial charge < -0.3 is 0 Å². The van der Waals surface area contributed by atoms with Crippen molar-refractivity contribution in [3.05, 3.63) is 78.9 Å². The lowest BCUT2D eigenvalue weighted by molar-refractivity contribution is -0.385. The summed E-state index contributed by atoms with van der Waals surface area (Å²) in [4.78, 5) is 45.6. The Morgan fingerprint density at radius 3 is 1.34 bits per heavy atom. The quantitative estimate of drug-likeness (QED) is 0.156. The fourth-order valence-electron chi connectivity index (χ4n) is 3.53. The molecule has 2 aromatic carbocycles.